The van der Waals surface area contributed by atoms with Gasteiger partial charge in [0.1, 0.15) is 5.40 Å². The molecule has 0 aliphatic carbocycles. The van der Waals surface area contributed by atoms with E-state index in [1.165, 1.54) is 25.4 Å². The predicted molar refractivity (Wildman–Crippen MR) is 103 cm³/mol. The van der Waals surface area contributed by atoms with Gasteiger partial charge in [-0.25, -0.2) is 0 Å². The summed E-state index contributed by atoms with van der Waals surface area (Å²) in [5.41, 5.74) is 2.57. The first-order valence-corrected chi connectivity index (χ1v) is 11.3. The maximum Gasteiger partial charge on any atom is 0.342 e. The molecule has 0 aliphatic rings. The first-order chi connectivity index (χ1) is 11.3. The Morgan fingerprint density at radius 2 is 1.58 bits per heavy atom. The van der Waals surface area contributed by atoms with E-state index in [9.17, 15) is 4.57 Å². The first kappa shape index (κ1) is 24.0. The lowest BCUT2D eigenvalue weighted by Gasteiger charge is -2.29. The molecule has 0 aromatic heterocycles. The average Bonchev–Trinajstić information content (AvgIpc) is 2.54. The molecular weight excluding hydrogens is 346 g/mol. The Morgan fingerprint density at radius 3 is 2.00 bits per heavy atom. The maximum absolute atomic E-state index is 12.9. The monoisotopic (exact) mass is 380 g/mol. The molecule has 0 aromatic rings. The summed E-state index contributed by atoms with van der Waals surface area (Å²) in [7, 11) is -1.81. The van der Waals surface area contributed by atoms with Gasteiger partial charge in [0.15, 0.2) is 8.38 Å². The zero-order chi connectivity index (χ0) is 18.6. The molecule has 0 aromatic carbocycles. The van der Waals surface area contributed by atoms with Crippen LogP contribution in [0.25, 0.3) is 0 Å². The normalized spacial score (nSPS) is 14.1. The average molecular weight is 380 g/mol. The number of hydrogen-bond donors (Lipinski definition) is 0. The summed E-state index contributed by atoms with van der Waals surface area (Å²) in [4.78, 5) is 0. The Hall–Kier alpha value is -0.0200. The van der Waals surface area contributed by atoms with E-state index in [4.69, 9.17) is 18.1 Å². The minimum Gasteiger partial charge on any atom is -0.334 e. The first-order valence-electron chi connectivity index (χ1n) is 8.39. The molecule has 0 rings (SSSR count). The molecule has 7 heteroatoms. The minimum absolute atomic E-state index is 0.430. The summed E-state index contributed by atoms with van der Waals surface area (Å²) in [5, 5.41) is -0.430. The van der Waals surface area contributed by atoms with Crippen LogP contribution in [-0.2, 0) is 22.7 Å². The SMILES string of the molecule is CCOP(OCC)C(C/C=C(\C)CCC=C(C)C)P(=O)(OC)OC. The topological polar surface area (TPSA) is 54.0 Å². The third kappa shape index (κ3) is 8.89. The van der Waals surface area contributed by atoms with Crippen molar-refractivity contribution in [1.82, 2.24) is 0 Å². The van der Waals surface area contributed by atoms with Crippen molar-refractivity contribution >= 4 is 16.0 Å². The van der Waals surface area contributed by atoms with Crippen molar-refractivity contribution in [3.63, 3.8) is 0 Å². The van der Waals surface area contributed by atoms with Crippen LogP contribution in [0.2, 0.25) is 0 Å². The van der Waals surface area contributed by atoms with Crippen molar-refractivity contribution in [2.45, 2.75) is 59.3 Å². The Bertz CT molecular complexity index is 430. The second-order valence-corrected chi connectivity index (χ2v) is 10.2. The number of hydrogen-bond acceptors (Lipinski definition) is 5. The molecule has 0 saturated carbocycles. The molecule has 0 amide bonds. The van der Waals surface area contributed by atoms with Crippen LogP contribution in [0.3, 0.4) is 0 Å². The number of allylic oxidation sites excluding steroid dienone is 4. The van der Waals surface area contributed by atoms with E-state index in [0.29, 0.717) is 19.6 Å². The van der Waals surface area contributed by atoms with E-state index in [1.807, 2.05) is 13.8 Å². The van der Waals surface area contributed by atoms with E-state index in [1.54, 1.807) is 0 Å². The van der Waals surface area contributed by atoms with E-state index in [2.05, 4.69) is 32.9 Å². The summed E-state index contributed by atoms with van der Waals surface area (Å²) in [6.45, 7) is 11.1. The lowest BCUT2D eigenvalue weighted by atomic mass is 10.1. The fraction of sp³-hybridized carbons (Fsp3) is 0.765. The summed E-state index contributed by atoms with van der Waals surface area (Å²) in [6.07, 6.45) is 6.85. The van der Waals surface area contributed by atoms with Gasteiger partial charge < -0.3 is 18.1 Å². The van der Waals surface area contributed by atoms with Crippen LogP contribution in [0.5, 0.6) is 0 Å². The zero-order valence-electron chi connectivity index (χ0n) is 16.2. The summed E-state index contributed by atoms with van der Waals surface area (Å²) < 4.78 is 34.8. The lowest BCUT2D eigenvalue weighted by molar-refractivity contribution is 0.248. The molecule has 0 heterocycles. The van der Waals surface area contributed by atoms with Crippen molar-refractivity contribution in [3.05, 3.63) is 23.3 Å². The van der Waals surface area contributed by atoms with Crippen LogP contribution < -0.4 is 0 Å². The van der Waals surface area contributed by atoms with Crippen molar-refractivity contribution in [1.29, 1.82) is 0 Å². The van der Waals surface area contributed by atoms with E-state index in [-0.39, 0.29) is 0 Å². The minimum atomic E-state index is -3.28. The standard InChI is InChI=1S/C17H34O5P2/c1-8-21-23(22-9-2)17(24(18,19-6)20-7)14-13-16(5)12-10-11-15(3)4/h11,13,17H,8-10,12,14H2,1-7H3/b16-13+. The van der Waals surface area contributed by atoms with Crippen molar-refractivity contribution in [2.75, 3.05) is 27.4 Å². The van der Waals surface area contributed by atoms with Crippen molar-refractivity contribution in [2.24, 2.45) is 0 Å². The lowest BCUT2D eigenvalue weighted by Crippen LogP contribution is -2.12. The molecule has 1 atom stereocenters. The fourth-order valence-corrected chi connectivity index (χ4v) is 6.20. The quantitative estimate of drug-likeness (QED) is 0.279. The van der Waals surface area contributed by atoms with E-state index < -0.39 is 21.4 Å². The third-order valence-electron chi connectivity index (χ3n) is 3.40. The second kappa shape index (κ2) is 13.2. The highest BCUT2D eigenvalue weighted by atomic mass is 31.2. The van der Waals surface area contributed by atoms with Gasteiger partial charge in [-0.05, 0) is 53.9 Å². The Kier molecular flexibility index (Phi) is 13.2. The fourth-order valence-electron chi connectivity index (χ4n) is 2.11. The van der Waals surface area contributed by atoms with Gasteiger partial charge in [-0.15, -0.1) is 0 Å². The van der Waals surface area contributed by atoms with E-state index in [0.717, 1.165) is 12.8 Å². The number of rotatable bonds is 13. The third-order valence-corrected chi connectivity index (χ3v) is 8.49. The largest absolute Gasteiger partial charge is 0.342 e. The van der Waals surface area contributed by atoms with Gasteiger partial charge in [0.2, 0.25) is 0 Å². The molecule has 0 bridgehead atoms. The Morgan fingerprint density at radius 1 is 1.04 bits per heavy atom. The molecular formula is C17H34O5P2. The van der Waals surface area contributed by atoms with Crippen LogP contribution in [0.4, 0.5) is 0 Å². The molecule has 0 spiro atoms. The van der Waals surface area contributed by atoms with Gasteiger partial charge in [0.25, 0.3) is 0 Å². The molecule has 24 heavy (non-hydrogen) atoms. The van der Waals surface area contributed by atoms with Crippen LogP contribution >= 0.6 is 16.0 Å². The highest BCUT2D eigenvalue weighted by molar-refractivity contribution is 7.69. The van der Waals surface area contributed by atoms with Gasteiger partial charge >= 0.3 is 7.60 Å². The van der Waals surface area contributed by atoms with Crippen molar-refractivity contribution < 1.29 is 22.7 Å². The van der Waals surface area contributed by atoms with Crippen LogP contribution in [0.1, 0.15) is 53.9 Å². The summed E-state index contributed by atoms with van der Waals surface area (Å²) >= 11 is 0. The van der Waals surface area contributed by atoms with Gasteiger partial charge in [0, 0.05) is 14.2 Å². The molecule has 5 nitrogen and oxygen atoms in total. The smallest absolute Gasteiger partial charge is 0.334 e. The summed E-state index contributed by atoms with van der Waals surface area (Å²) in [6, 6.07) is 0. The van der Waals surface area contributed by atoms with Gasteiger partial charge in [0.05, 0.1) is 13.2 Å². The predicted octanol–water partition coefficient (Wildman–Crippen LogP) is 6.27. The molecule has 0 aliphatic heterocycles. The molecule has 142 valence electrons. The van der Waals surface area contributed by atoms with Crippen LogP contribution in [0.15, 0.2) is 23.3 Å². The highest BCUT2D eigenvalue weighted by Crippen LogP contribution is 2.66. The zero-order valence-corrected chi connectivity index (χ0v) is 18.0. The maximum atomic E-state index is 12.9. The molecule has 0 fully saturated rings. The van der Waals surface area contributed by atoms with Crippen LogP contribution in [0, 0.1) is 0 Å². The van der Waals surface area contributed by atoms with Gasteiger partial charge in [-0.3, -0.25) is 4.57 Å². The van der Waals surface area contributed by atoms with Gasteiger partial charge in [-0.1, -0.05) is 23.3 Å². The molecule has 0 saturated heterocycles. The highest BCUT2D eigenvalue weighted by Gasteiger charge is 2.41. The Balaban J connectivity index is 5.18. The molecule has 0 radical (unpaired) electrons. The molecule has 0 N–H and O–H groups in total. The van der Waals surface area contributed by atoms with Crippen LogP contribution in [-0.4, -0.2) is 32.8 Å². The molecule has 1 unspecified atom stereocenters. The Labute approximate surface area is 149 Å². The van der Waals surface area contributed by atoms with Gasteiger partial charge in [-0.2, -0.15) is 0 Å². The van der Waals surface area contributed by atoms with Crippen molar-refractivity contribution in [3.8, 4) is 0 Å². The second-order valence-electron chi connectivity index (χ2n) is 5.61. The van der Waals surface area contributed by atoms with E-state index >= 15 is 0 Å². The summed E-state index contributed by atoms with van der Waals surface area (Å²) in [5.74, 6) is 0.